The van der Waals surface area contributed by atoms with E-state index in [1.165, 1.54) is 47.1 Å². The molecule has 0 radical (unpaired) electrons. The fourth-order valence-corrected chi connectivity index (χ4v) is 3.79. The quantitative estimate of drug-likeness (QED) is 0.721. The Morgan fingerprint density at radius 2 is 1.85 bits per heavy atom. The predicted molar refractivity (Wildman–Crippen MR) is 87.0 cm³/mol. The lowest BCUT2D eigenvalue weighted by molar-refractivity contribution is 0.414. The number of fused-ring (bicyclic) bond motifs is 1. The minimum Gasteiger partial charge on any atom is -0.497 e. The number of methoxy groups -OCH3 is 1. The van der Waals surface area contributed by atoms with Crippen LogP contribution >= 0.6 is 15.9 Å². The molecular formula is C18H19BrO. The Morgan fingerprint density at radius 3 is 2.60 bits per heavy atom. The zero-order valence-electron chi connectivity index (χ0n) is 11.9. The van der Waals surface area contributed by atoms with Crippen LogP contribution in [-0.2, 0) is 12.8 Å². The molecule has 1 nitrogen and oxygen atoms in total. The molecule has 0 saturated heterocycles. The Kier molecular flexibility index (Phi) is 3.84. The van der Waals surface area contributed by atoms with Gasteiger partial charge in [0.15, 0.2) is 0 Å². The van der Waals surface area contributed by atoms with E-state index in [2.05, 4.69) is 53.2 Å². The Bertz CT molecular complexity index is 633. The molecule has 1 atom stereocenters. The van der Waals surface area contributed by atoms with Gasteiger partial charge in [-0.25, -0.2) is 0 Å². The zero-order chi connectivity index (χ0) is 14.1. The van der Waals surface area contributed by atoms with Crippen LogP contribution in [0.5, 0.6) is 5.75 Å². The summed E-state index contributed by atoms with van der Waals surface area (Å²) in [4.78, 5) is 0.249. The van der Waals surface area contributed by atoms with Gasteiger partial charge in [-0.15, -0.1) is 0 Å². The van der Waals surface area contributed by atoms with Gasteiger partial charge in [0.05, 0.1) is 11.9 Å². The maximum absolute atomic E-state index is 5.28. The lowest BCUT2D eigenvalue weighted by Crippen LogP contribution is -1.98. The number of rotatable bonds is 3. The molecule has 0 heterocycles. The van der Waals surface area contributed by atoms with Gasteiger partial charge < -0.3 is 4.74 Å². The number of halogens is 1. The molecule has 104 valence electrons. The molecule has 1 aliphatic carbocycles. The van der Waals surface area contributed by atoms with Crippen LogP contribution in [0.3, 0.4) is 0 Å². The molecule has 2 aromatic rings. The number of hydrogen-bond donors (Lipinski definition) is 0. The molecule has 0 saturated carbocycles. The van der Waals surface area contributed by atoms with E-state index in [4.69, 9.17) is 4.74 Å². The van der Waals surface area contributed by atoms with Gasteiger partial charge >= 0.3 is 0 Å². The van der Waals surface area contributed by atoms with Gasteiger partial charge in [0.2, 0.25) is 0 Å². The minimum absolute atomic E-state index is 0.249. The van der Waals surface area contributed by atoms with Crippen molar-refractivity contribution in [1.82, 2.24) is 0 Å². The first-order valence-corrected chi connectivity index (χ1v) is 8.01. The van der Waals surface area contributed by atoms with Crippen LogP contribution in [-0.4, -0.2) is 7.11 Å². The summed E-state index contributed by atoms with van der Waals surface area (Å²) in [5, 5.41) is 0. The monoisotopic (exact) mass is 330 g/mol. The second-order valence-electron chi connectivity index (χ2n) is 5.47. The topological polar surface area (TPSA) is 9.23 Å². The maximum Gasteiger partial charge on any atom is 0.119 e. The second kappa shape index (κ2) is 5.61. The van der Waals surface area contributed by atoms with E-state index in [9.17, 15) is 0 Å². The van der Waals surface area contributed by atoms with E-state index in [1.54, 1.807) is 7.11 Å². The highest BCUT2D eigenvalue weighted by Gasteiger charge is 2.17. The van der Waals surface area contributed by atoms with Crippen LogP contribution in [0.25, 0.3) is 0 Å². The highest BCUT2D eigenvalue weighted by Crippen LogP contribution is 2.36. The van der Waals surface area contributed by atoms with Gasteiger partial charge in [-0.05, 0) is 66.1 Å². The minimum atomic E-state index is 0.249. The van der Waals surface area contributed by atoms with Crippen LogP contribution in [0.1, 0.15) is 39.1 Å². The number of ether oxygens (including phenoxy) is 1. The Hall–Kier alpha value is -1.28. The smallest absolute Gasteiger partial charge is 0.119 e. The third-order valence-corrected chi connectivity index (χ3v) is 5.19. The lowest BCUT2D eigenvalue weighted by Gasteiger charge is -2.16. The van der Waals surface area contributed by atoms with Crippen molar-refractivity contribution in [2.45, 2.75) is 31.0 Å². The highest BCUT2D eigenvalue weighted by atomic mass is 79.9. The maximum atomic E-state index is 5.28. The molecule has 0 spiro atoms. The Labute approximate surface area is 129 Å². The summed E-state index contributed by atoms with van der Waals surface area (Å²) < 4.78 is 5.28. The van der Waals surface area contributed by atoms with Crippen LogP contribution in [0, 0.1) is 6.92 Å². The normalized spacial score (nSPS) is 14.9. The summed E-state index contributed by atoms with van der Waals surface area (Å²) in [6.45, 7) is 2.14. The van der Waals surface area contributed by atoms with Gasteiger partial charge in [-0.2, -0.15) is 0 Å². The largest absolute Gasteiger partial charge is 0.497 e. The van der Waals surface area contributed by atoms with Crippen molar-refractivity contribution in [3.8, 4) is 5.75 Å². The van der Waals surface area contributed by atoms with Gasteiger partial charge in [-0.3, -0.25) is 0 Å². The molecule has 20 heavy (non-hydrogen) atoms. The van der Waals surface area contributed by atoms with Crippen molar-refractivity contribution >= 4 is 15.9 Å². The summed E-state index contributed by atoms with van der Waals surface area (Å²) in [5.74, 6) is 0.917. The predicted octanol–water partition coefficient (Wildman–Crippen LogP) is 4.98. The first kappa shape index (κ1) is 13.7. The van der Waals surface area contributed by atoms with Crippen LogP contribution in [0.15, 0.2) is 36.4 Å². The molecule has 1 unspecified atom stereocenters. The third kappa shape index (κ3) is 2.49. The number of aryl methyl sites for hydroxylation is 3. The first-order valence-electron chi connectivity index (χ1n) is 7.09. The average Bonchev–Trinajstić information content (AvgIpc) is 2.93. The SMILES string of the molecule is COc1ccc(C(Br)c2ccc3c(c2)CCC3)c(C)c1. The average molecular weight is 331 g/mol. The summed E-state index contributed by atoms with van der Waals surface area (Å²) in [6, 6.07) is 13.2. The fraction of sp³-hybridized carbons (Fsp3) is 0.333. The highest BCUT2D eigenvalue weighted by molar-refractivity contribution is 9.09. The number of benzene rings is 2. The summed E-state index contributed by atoms with van der Waals surface area (Å²) in [6.07, 6.45) is 3.77. The molecule has 0 bridgehead atoms. The van der Waals surface area contributed by atoms with E-state index >= 15 is 0 Å². The van der Waals surface area contributed by atoms with E-state index in [0.29, 0.717) is 0 Å². The second-order valence-corrected chi connectivity index (χ2v) is 6.38. The molecule has 0 N–H and O–H groups in total. The van der Waals surface area contributed by atoms with Crippen molar-refractivity contribution in [2.24, 2.45) is 0 Å². The fourth-order valence-electron chi connectivity index (χ4n) is 2.99. The molecule has 0 fully saturated rings. The molecule has 2 aromatic carbocycles. The molecule has 0 aromatic heterocycles. The Balaban J connectivity index is 1.94. The van der Waals surface area contributed by atoms with E-state index in [1.807, 2.05) is 6.07 Å². The van der Waals surface area contributed by atoms with Gasteiger partial charge in [-0.1, -0.05) is 40.2 Å². The zero-order valence-corrected chi connectivity index (χ0v) is 13.5. The summed E-state index contributed by atoms with van der Waals surface area (Å²) >= 11 is 3.86. The summed E-state index contributed by atoms with van der Waals surface area (Å²) in [5.41, 5.74) is 6.97. The molecular weight excluding hydrogens is 312 g/mol. The standard InChI is InChI=1S/C18H19BrO/c1-12-10-16(20-2)8-9-17(12)18(19)15-7-6-13-4-3-5-14(13)11-15/h6-11,18H,3-5H2,1-2H3. The van der Waals surface area contributed by atoms with Crippen LogP contribution in [0.2, 0.25) is 0 Å². The van der Waals surface area contributed by atoms with E-state index < -0.39 is 0 Å². The van der Waals surface area contributed by atoms with Gasteiger partial charge in [0.1, 0.15) is 5.75 Å². The van der Waals surface area contributed by atoms with E-state index in [-0.39, 0.29) is 4.83 Å². The Morgan fingerprint density at radius 1 is 1.05 bits per heavy atom. The molecule has 3 rings (SSSR count). The number of alkyl halides is 1. The van der Waals surface area contributed by atoms with Gasteiger partial charge in [0, 0.05) is 0 Å². The molecule has 2 heteroatoms. The van der Waals surface area contributed by atoms with Crippen molar-refractivity contribution < 1.29 is 4.74 Å². The number of hydrogen-bond acceptors (Lipinski definition) is 1. The van der Waals surface area contributed by atoms with Crippen molar-refractivity contribution in [1.29, 1.82) is 0 Å². The van der Waals surface area contributed by atoms with Crippen LogP contribution in [0.4, 0.5) is 0 Å². The van der Waals surface area contributed by atoms with Crippen molar-refractivity contribution in [3.63, 3.8) is 0 Å². The molecule has 1 aliphatic rings. The van der Waals surface area contributed by atoms with Crippen molar-refractivity contribution in [3.05, 3.63) is 64.2 Å². The third-order valence-electron chi connectivity index (χ3n) is 4.17. The van der Waals surface area contributed by atoms with Crippen molar-refractivity contribution in [2.75, 3.05) is 7.11 Å². The van der Waals surface area contributed by atoms with Crippen LogP contribution < -0.4 is 4.74 Å². The molecule has 0 aliphatic heterocycles. The van der Waals surface area contributed by atoms with Gasteiger partial charge in [0.25, 0.3) is 0 Å². The van der Waals surface area contributed by atoms with E-state index in [0.717, 1.165) is 5.75 Å². The first-order chi connectivity index (χ1) is 9.69. The molecule has 0 amide bonds. The summed E-state index contributed by atoms with van der Waals surface area (Å²) in [7, 11) is 1.71. The lowest BCUT2D eigenvalue weighted by atomic mass is 9.97.